The Morgan fingerprint density at radius 2 is 2.08 bits per heavy atom. The second-order valence-electron chi connectivity index (χ2n) is 2.37. The van der Waals surface area contributed by atoms with Crippen LogP contribution in [0.4, 0.5) is 0 Å². The van der Waals surface area contributed by atoms with Crippen LogP contribution in [0, 0.1) is 5.41 Å². The molecule has 0 saturated heterocycles. The summed E-state index contributed by atoms with van der Waals surface area (Å²) in [7, 11) is 0. The first-order chi connectivity index (χ1) is 6.15. The SMILES string of the molecule is C\C(=C/C(=N/C=N)C(/C)=C/N)ON. The van der Waals surface area contributed by atoms with Gasteiger partial charge in [0.15, 0.2) is 0 Å². The molecule has 5 N–H and O–H groups in total. The summed E-state index contributed by atoms with van der Waals surface area (Å²) in [5, 5.41) is 6.82. The number of hydrogen-bond donors (Lipinski definition) is 3. The van der Waals surface area contributed by atoms with E-state index >= 15 is 0 Å². The van der Waals surface area contributed by atoms with Crippen LogP contribution in [-0.4, -0.2) is 12.1 Å². The van der Waals surface area contributed by atoms with Crippen molar-refractivity contribution in [2.75, 3.05) is 0 Å². The van der Waals surface area contributed by atoms with E-state index in [1.54, 1.807) is 19.9 Å². The van der Waals surface area contributed by atoms with Gasteiger partial charge < -0.3 is 10.6 Å². The lowest BCUT2D eigenvalue weighted by molar-refractivity contribution is 0.223. The smallest absolute Gasteiger partial charge is 0.123 e. The molecule has 13 heavy (non-hydrogen) atoms. The lowest BCUT2D eigenvalue weighted by Gasteiger charge is -2.01. The van der Waals surface area contributed by atoms with Crippen molar-refractivity contribution in [1.82, 2.24) is 0 Å². The maximum Gasteiger partial charge on any atom is 0.123 e. The van der Waals surface area contributed by atoms with Crippen molar-refractivity contribution in [3.05, 3.63) is 23.6 Å². The van der Waals surface area contributed by atoms with Crippen molar-refractivity contribution in [3.63, 3.8) is 0 Å². The molecule has 72 valence electrons. The van der Waals surface area contributed by atoms with Crippen molar-refractivity contribution < 1.29 is 4.84 Å². The normalized spacial score (nSPS) is 14.2. The molecule has 0 amide bonds. The van der Waals surface area contributed by atoms with Gasteiger partial charge in [-0.2, -0.15) is 5.90 Å². The zero-order valence-electron chi connectivity index (χ0n) is 7.74. The van der Waals surface area contributed by atoms with E-state index in [2.05, 4.69) is 9.83 Å². The third-order valence-electron chi connectivity index (χ3n) is 1.38. The van der Waals surface area contributed by atoms with Gasteiger partial charge in [-0.05, 0) is 25.6 Å². The second-order valence-corrected chi connectivity index (χ2v) is 2.37. The summed E-state index contributed by atoms with van der Waals surface area (Å²) in [5.41, 5.74) is 6.61. The van der Waals surface area contributed by atoms with Gasteiger partial charge in [0.1, 0.15) is 12.1 Å². The number of aliphatic imine (C=N–C) groups is 1. The Hall–Kier alpha value is -1.62. The number of allylic oxidation sites excluding steroid dienone is 3. The van der Waals surface area contributed by atoms with Gasteiger partial charge in [0.2, 0.25) is 0 Å². The Kier molecular flexibility index (Phi) is 5.22. The molecule has 0 aliphatic rings. The van der Waals surface area contributed by atoms with E-state index < -0.39 is 0 Å². The lowest BCUT2D eigenvalue weighted by Crippen LogP contribution is -2.03. The maximum absolute atomic E-state index is 6.82. The van der Waals surface area contributed by atoms with E-state index in [1.807, 2.05) is 0 Å². The summed E-state index contributed by atoms with van der Waals surface area (Å²) in [6.45, 7) is 3.46. The van der Waals surface area contributed by atoms with Crippen LogP contribution < -0.4 is 11.6 Å². The van der Waals surface area contributed by atoms with E-state index in [0.717, 1.165) is 11.9 Å². The van der Waals surface area contributed by atoms with Crippen molar-refractivity contribution >= 4 is 12.1 Å². The van der Waals surface area contributed by atoms with Crippen LogP contribution in [0.1, 0.15) is 13.8 Å². The van der Waals surface area contributed by atoms with Crippen LogP contribution in [0.3, 0.4) is 0 Å². The molecule has 0 saturated carbocycles. The van der Waals surface area contributed by atoms with Gasteiger partial charge in [-0.3, -0.25) is 5.41 Å². The predicted octanol–water partition coefficient (Wildman–Crippen LogP) is 0.691. The largest absolute Gasteiger partial charge is 0.416 e. The van der Waals surface area contributed by atoms with E-state index in [1.165, 1.54) is 6.20 Å². The lowest BCUT2D eigenvalue weighted by atomic mass is 10.2. The van der Waals surface area contributed by atoms with Crippen LogP contribution in [0.15, 0.2) is 28.6 Å². The Balaban J connectivity index is 4.85. The molecule has 0 bridgehead atoms. The quantitative estimate of drug-likeness (QED) is 0.258. The molecular weight excluding hydrogens is 168 g/mol. The first-order valence-corrected chi connectivity index (χ1v) is 3.66. The van der Waals surface area contributed by atoms with Gasteiger partial charge in [0.05, 0.1) is 5.71 Å². The molecule has 5 nitrogen and oxygen atoms in total. The fourth-order valence-electron chi connectivity index (χ4n) is 0.634. The zero-order chi connectivity index (χ0) is 10.3. The minimum atomic E-state index is 0.502. The highest BCUT2D eigenvalue weighted by molar-refractivity contribution is 6.10. The Labute approximate surface area is 77.2 Å². The molecule has 0 aromatic heterocycles. The fraction of sp³-hybridized carbons (Fsp3) is 0.250. The molecule has 0 aliphatic heterocycles. The summed E-state index contributed by atoms with van der Waals surface area (Å²) >= 11 is 0. The van der Waals surface area contributed by atoms with E-state index in [0.29, 0.717) is 11.5 Å². The number of hydrogen-bond acceptors (Lipinski definition) is 4. The van der Waals surface area contributed by atoms with E-state index in [-0.39, 0.29) is 0 Å². The maximum atomic E-state index is 6.82. The van der Waals surface area contributed by atoms with E-state index in [4.69, 9.17) is 17.0 Å². The Morgan fingerprint density at radius 1 is 1.46 bits per heavy atom. The second kappa shape index (κ2) is 5.96. The standard InChI is InChI=1S/C8H14N4O/c1-6(4-9)8(12-5-10)3-7(2)13-11/h3-5,10H,9,11H2,1-2H3/b6-4+,7-3+,10-5?,12-8-. The summed E-state index contributed by atoms with van der Waals surface area (Å²) < 4.78 is 0. The van der Waals surface area contributed by atoms with Gasteiger partial charge in [-0.1, -0.05) is 0 Å². The van der Waals surface area contributed by atoms with Crippen molar-refractivity contribution in [2.24, 2.45) is 16.6 Å². The fourth-order valence-corrected chi connectivity index (χ4v) is 0.634. The van der Waals surface area contributed by atoms with Crippen LogP contribution in [0.5, 0.6) is 0 Å². The number of rotatable bonds is 4. The molecule has 0 unspecified atom stereocenters. The average molecular weight is 182 g/mol. The molecule has 0 rings (SSSR count). The van der Waals surface area contributed by atoms with E-state index in [9.17, 15) is 0 Å². The summed E-state index contributed by atoms with van der Waals surface area (Å²) in [6, 6.07) is 0. The molecule has 0 aliphatic carbocycles. The molecule has 0 aromatic carbocycles. The molecule has 0 spiro atoms. The highest BCUT2D eigenvalue weighted by atomic mass is 16.6. The third kappa shape index (κ3) is 4.07. The molecule has 0 radical (unpaired) electrons. The molecule has 0 fully saturated rings. The van der Waals surface area contributed by atoms with Crippen LogP contribution in [-0.2, 0) is 4.84 Å². The highest BCUT2D eigenvalue weighted by Crippen LogP contribution is 2.00. The molecule has 0 atom stereocenters. The van der Waals surface area contributed by atoms with Crippen molar-refractivity contribution in [1.29, 1.82) is 5.41 Å². The summed E-state index contributed by atoms with van der Waals surface area (Å²) in [4.78, 5) is 8.24. The number of nitrogens with one attached hydrogen (secondary N) is 1. The highest BCUT2D eigenvalue weighted by Gasteiger charge is 1.98. The number of nitrogens with two attached hydrogens (primary N) is 2. The first-order valence-electron chi connectivity index (χ1n) is 3.66. The first kappa shape index (κ1) is 11.4. The van der Waals surface area contributed by atoms with Crippen LogP contribution in [0.2, 0.25) is 0 Å². The predicted molar refractivity (Wildman–Crippen MR) is 53.2 cm³/mol. The third-order valence-corrected chi connectivity index (χ3v) is 1.38. The molecule has 5 heteroatoms. The minimum absolute atomic E-state index is 0.502. The summed E-state index contributed by atoms with van der Waals surface area (Å²) in [6.07, 6.45) is 3.94. The van der Waals surface area contributed by atoms with Gasteiger partial charge >= 0.3 is 0 Å². The zero-order valence-corrected chi connectivity index (χ0v) is 7.74. The van der Waals surface area contributed by atoms with Gasteiger partial charge in [0.25, 0.3) is 0 Å². The van der Waals surface area contributed by atoms with Crippen molar-refractivity contribution in [2.45, 2.75) is 13.8 Å². The molecular formula is C8H14N4O. The average Bonchev–Trinajstić information content (AvgIpc) is 2.15. The molecule has 0 aromatic rings. The van der Waals surface area contributed by atoms with Crippen LogP contribution in [0.25, 0.3) is 0 Å². The van der Waals surface area contributed by atoms with Gasteiger partial charge in [0, 0.05) is 6.08 Å². The minimum Gasteiger partial charge on any atom is -0.416 e. The van der Waals surface area contributed by atoms with Gasteiger partial charge in [-0.15, -0.1) is 0 Å². The Bertz CT molecular complexity index is 265. The number of nitrogens with zero attached hydrogens (tertiary/aromatic N) is 1. The Morgan fingerprint density at radius 3 is 2.46 bits per heavy atom. The topological polar surface area (TPSA) is 97.5 Å². The van der Waals surface area contributed by atoms with Crippen molar-refractivity contribution in [3.8, 4) is 0 Å². The van der Waals surface area contributed by atoms with Crippen LogP contribution >= 0.6 is 0 Å². The molecule has 0 heterocycles. The van der Waals surface area contributed by atoms with Gasteiger partial charge in [-0.25, -0.2) is 4.99 Å². The monoisotopic (exact) mass is 182 g/mol. The summed E-state index contributed by atoms with van der Waals surface area (Å²) in [5.74, 6) is 5.43.